The van der Waals surface area contributed by atoms with E-state index in [1.807, 2.05) is 31.2 Å². The molecule has 0 radical (unpaired) electrons. The molecule has 1 atom stereocenters. The van der Waals surface area contributed by atoms with Crippen molar-refractivity contribution < 1.29 is 14.5 Å². The van der Waals surface area contributed by atoms with Crippen molar-refractivity contribution >= 4 is 23.2 Å². The Morgan fingerprint density at radius 2 is 1.96 bits per heavy atom. The molecule has 0 aliphatic heterocycles. The molecular formula is C17H17ClN2O4. The number of ether oxygens (including phenoxy) is 1. The Morgan fingerprint density at radius 1 is 1.29 bits per heavy atom. The van der Waals surface area contributed by atoms with Gasteiger partial charge in [-0.2, -0.15) is 0 Å². The van der Waals surface area contributed by atoms with E-state index in [0.717, 1.165) is 17.4 Å². The largest absolute Gasteiger partial charge is 0.491 e. The molecule has 1 N–H and O–H groups in total. The predicted molar refractivity (Wildman–Crippen MR) is 91.7 cm³/mol. The van der Waals surface area contributed by atoms with E-state index in [-0.39, 0.29) is 22.3 Å². The van der Waals surface area contributed by atoms with E-state index in [4.69, 9.17) is 16.3 Å². The summed E-state index contributed by atoms with van der Waals surface area (Å²) in [4.78, 5) is 22.3. The Balaban J connectivity index is 1.93. The van der Waals surface area contributed by atoms with Crippen LogP contribution in [0, 0.1) is 17.0 Å². The van der Waals surface area contributed by atoms with Crippen molar-refractivity contribution in [2.45, 2.75) is 19.9 Å². The SMILES string of the molecule is Cc1ccc(OC[C@@H](C)NC(=O)c2ccc([N+](=O)[O-])cc2Cl)cc1. The van der Waals surface area contributed by atoms with Gasteiger partial charge in [0.2, 0.25) is 0 Å². The van der Waals surface area contributed by atoms with Crippen LogP contribution in [-0.2, 0) is 0 Å². The second-order valence-electron chi connectivity index (χ2n) is 5.42. The molecule has 2 aromatic carbocycles. The van der Waals surface area contributed by atoms with Gasteiger partial charge in [-0.3, -0.25) is 14.9 Å². The highest BCUT2D eigenvalue weighted by atomic mass is 35.5. The predicted octanol–water partition coefficient (Wildman–Crippen LogP) is 3.75. The van der Waals surface area contributed by atoms with Gasteiger partial charge in [0.15, 0.2) is 0 Å². The zero-order valence-corrected chi connectivity index (χ0v) is 14.0. The van der Waals surface area contributed by atoms with E-state index < -0.39 is 10.8 Å². The molecule has 0 aliphatic carbocycles. The molecule has 126 valence electrons. The van der Waals surface area contributed by atoms with E-state index in [9.17, 15) is 14.9 Å². The molecule has 0 heterocycles. The van der Waals surface area contributed by atoms with Crippen LogP contribution in [0.1, 0.15) is 22.8 Å². The summed E-state index contributed by atoms with van der Waals surface area (Å²) in [6.07, 6.45) is 0. The Hall–Kier alpha value is -2.60. The highest BCUT2D eigenvalue weighted by Gasteiger charge is 2.16. The van der Waals surface area contributed by atoms with Gasteiger partial charge in [0.05, 0.1) is 21.6 Å². The number of aryl methyl sites for hydroxylation is 1. The monoisotopic (exact) mass is 348 g/mol. The first-order valence-corrected chi connectivity index (χ1v) is 7.69. The van der Waals surface area contributed by atoms with Gasteiger partial charge < -0.3 is 10.1 Å². The van der Waals surface area contributed by atoms with Crippen LogP contribution in [0.25, 0.3) is 0 Å². The first-order chi connectivity index (χ1) is 11.4. The number of nitrogens with zero attached hydrogens (tertiary/aromatic N) is 1. The quantitative estimate of drug-likeness (QED) is 0.636. The normalized spacial score (nSPS) is 11.6. The number of nitro benzene ring substituents is 1. The maximum atomic E-state index is 12.2. The number of non-ortho nitro benzene ring substituents is 1. The van der Waals surface area contributed by atoms with Crippen molar-refractivity contribution in [1.29, 1.82) is 0 Å². The molecule has 0 aliphatic rings. The molecule has 0 unspecified atom stereocenters. The van der Waals surface area contributed by atoms with Gasteiger partial charge in [0.25, 0.3) is 11.6 Å². The number of carbonyl (C=O) groups is 1. The highest BCUT2D eigenvalue weighted by Crippen LogP contribution is 2.22. The first kappa shape index (κ1) is 17.7. The fourth-order valence-electron chi connectivity index (χ4n) is 2.00. The summed E-state index contributed by atoms with van der Waals surface area (Å²) < 4.78 is 5.60. The Morgan fingerprint density at radius 3 is 2.54 bits per heavy atom. The van der Waals surface area contributed by atoms with E-state index in [1.165, 1.54) is 12.1 Å². The Labute approximate surface area is 144 Å². The Kier molecular flexibility index (Phi) is 5.76. The average Bonchev–Trinajstić information content (AvgIpc) is 2.54. The van der Waals surface area contributed by atoms with E-state index in [1.54, 1.807) is 6.92 Å². The van der Waals surface area contributed by atoms with Crippen molar-refractivity contribution in [2.75, 3.05) is 6.61 Å². The lowest BCUT2D eigenvalue weighted by molar-refractivity contribution is -0.384. The van der Waals surface area contributed by atoms with Gasteiger partial charge in [0, 0.05) is 12.1 Å². The second kappa shape index (κ2) is 7.79. The molecular weight excluding hydrogens is 332 g/mol. The number of carbonyl (C=O) groups excluding carboxylic acids is 1. The summed E-state index contributed by atoms with van der Waals surface area (Å²) in [5, 5.41) is 13.5. The van der Waals surface area contributed by atoms with Gasteiger partial charge in [0.1, 0.15) is 12.4 Å². The minimum atomic E-state index is -0.564. The number of hydrogen-bond donors (Lipinski definition) is 1. The molecule has 0 spiro atoms. The van der Waals surface area contributed by atoms with Crippen LogP contribution in [0.5, 0.6) is 5.75 Å². The molecule has 2 rings (SSSR count). The lowest BCUT2D eigenvalue weighted by Gasteiger charge is -2.15. The van der Waals surface area contributed by atoms with E-state index in [0.29, 0.717) is 6.61 Å². The molecule has 24 heavy (non-hydrogen) atoms. The van der Waals surface area contributed by atoms with Crippen LogP contribution in [0.3, 0.4) is 0 Å². The molecule has 2 aromatic rings. The summed E-state index contributed by atoms with van der Waals surface area (Å²) in [5.41, 5.74) is 1.16. The summed E-state index contributed by atoms with van der Waals surface area (Å²) in [7, 11) is 0. The van der Waals surface area contributed by atoms with Crippen molar-refractivity contribution in [3.8, 4) is 5.75 Å². The van der Waals surface area contributed by atoms with Gasteiger partial charge >= 0.3 is 0 Å². The number of benzene rings is 2. The molecule has 6 nitrogen and oxygen atoms in total. The third kappa shape index (κ3) is 4.70. The van der Waals surface area contributed by atoms with Crippen LogP contribution in [0.4, 0.5) is 5.69 Å². The van der Waals surface area contributed by atoms with Crippen molar-refractivity contribution in [3.05, 3.63) is 68.7 Å². The summed E-state index contributed by atoms with van der Waals surface area (Å²) in [6, 6.07) is 11.1. The molecule has 0 saturated carbocycles. The molecule has 0 fully saturated rings. The molecule has 7 heteroatoms. The zero-order chi connectivity index (χ0) is 17.7. The van der Waals surface area contributed by atoms with E-state index in [2.05, 4.69) is 5.32 Å². The smallest absolute Gasteiger partial charge is 0.270 e. The molecule has 0 bridgehead atoms. The second-order valence-corrected chi connectivity index (χ2v) is 5.83. The minimum Gasteiger partial charge on any atom is -0.491 e. The summed E-state index contributed by atoms with van der Waals surface area (Å²) in [6.45, 7) is 4.07. The molecule has 1 amide bonds. The maximum Gasteiger partial charge on any atom is 0.270 e. The summed E-state index contributed by atoms with van der Waals surface area (Å²) in [5.74, 6) is 0.310. The number of nitrogens with one attached hydrogen (secondary N) is 1. The van der Waals surface area contributed by atoms with Crippen molar-refractivity contribution in [2.24, 2.45) is 0 Å². The number of hydrogen-bond acceptors (Lipinski definition) is 4. The first-order valence-electron chi connectivity index (χ1n) is 7.31. The molecule has 0 aromatic heterocycles. The van der Waals surface area contributed by atoms with Gasteiger partial charge in [-0.15, -0.1) is 0 Å². The number of rotatable bonds is 6. The van der Waals surface area contributed by atoms with Gasteiger partial charge in [-0.25, -0.2) is 0 Å². The van der Waals surface area contributed by atoms with Gasteiger partial charge in [-0.1, -0.05) is 29.3 Å². The average molecular weight is 349 g/mol. The van der Waals surface area contributed by atoms with Crippen LogP contribution >= 0.6 is 11.6 Å². The third-order valence-corrected chi connectivity index (χ3v) is 3.62. The van der Waals surface area contributed by atoms with Gasteiger partial charge in [-0.05, 0) is 32.0 Å². The highest BCUT2D eigenvalue weighted by molar-refractivity contribution is 6.34. The van der Waals surface area contributed by atoms with Crippen molar-refractivity contribution in [3.63, 3.8) is 0 Å². The van der Waals surface area contributed by atoms with Crippen LogP contribution in [-0.4, -0.2) is 23.5 Å². The zero-order valence-electron chi connectivity index (χ0n) is 13.3. The number of amides is 1. The topological polar surface area (TPSA) is 81.5 Å². The van der Waals surface area contributed by atoms with Crippen LogP contribution in [0.2, 0.25) is 5.02 Å². The van der Waals surface area contributed by atoms with Crippen LogP contribution < -0.4 is 10.1 Å². The summed E-state index contributed by atoms with van der Waals surface area (Å²) >= 11 is 5.94. The standard InChI is InChI=1S/C17H17ClN2O4/c1-11-3-6-14(7-4-11)24-10-12(2)19-17(21)15-8-5-13(20(22)23)9-16(15)18/h3-9,12H,10H2,1-2H3,(H,19,21)/t12-/m1/s1. The third-order valence-electron chi connectivity index (χ3n) is 3.31. The lowest BCUT2D eigenvalue weighted by atomic mass is 10.2. The number of nitro groups is 1. The molecule has 0 saturated heterocycles. The maximum absolute atomic E-state index is 12.2. The number of halogens is 1. The van der Waals surface area contributed by atoms with Crippen LogP contribution in [0.15, 0.2) is 42.5 Å². The fourth-order valence-corrected chi connectivity index (χ4v) is 2.26. The van der Waals surface area contributed by atoms with Crippen molar-refractivity contribution in [1.82, 2.24) is 5.32 Å². The Bertz CT molecular complexity index is 747. The van der Waals surface area contributed by atoms with E-state index >= 15 is 0 Å². The minimum absolute atomic E-state index is 0.0355. The fraction of sp³-hybridized carbons (Fsp3) is 0.235. The lowest BCUT2D eigenvalue weighted by Crippen LogP contribution is -2.36.